The fourth-order valence-electron chi connectivity index (χ4n) is 3.19. The van der Waals surface area contributed by atoms with Gasteiger partial charge in [0.1, 0.15) is 0 Å². The Kier molecular flexibility index (Phi) is 5.21. The Balaban J connectivity index is 1.59. The van der Waals surface area contributed by atoms with Gasteiger partial charge in [0.05, 0.1) is 0 Å². The topological polar surface area (TPSA) is 58.2 Å². The highest BCUT2D eigenvalue weighted by molar-refractivity contribution is 7.10. The van der Waals surface area contributed by atoms with Crippen molar-refractivity contribution in [2.45, 2.75) is 31.1 Å². The molecule has 3 rings (SSSR count). The average molecular weight is 363 g/mol. The predicted molar refractivity (Wildman–Crippen MR) is 97.6 cm³/mol. The lowest BCUT2D eigenvalue weighted by Gasteiger charge is -2.28. The van der Waals surface area contributed by atoms with Gasteiger partial charge in [-0.3, -0.25) is 9.59 Å². The standard InChI is InChI=1S/C18H19ClN2O2S/c19-13-5-7-14(8-6-13)21-17(23)16(22)20-12-18(9-1-2-10-18)15-4-3-11-24-15/h3-8,11H,1-2,9-10,12H2,(H,20,22)(H,21,23). The van der Waals surface area contributed by atoms with Crippen LogP contribution in [0.3, 0.4) is 0 Å². The number of halogens is 1. The van der Waals surface area contributed by atoms with Crippen molar-refractivity contribution < 1.29 is 9.59 Å². The zero-order valence-corrected chi connectivity index (χ0v) is 14.8. The minimum atomic E-state index is -0.656. The van der Waals surface area contributed by atoms with E-state index in [0.717, 1.165) is 25.7 Å². The highest BCUT2D eigenvalue weighted by Gasteiger charge is 2.37. The van der Waals surface area contributed by atoms with Gasteiger partial charge in [0.15, 0.2) is 0 Å². The Morgan fingerprint density at radius 1 is 1.08 bits per heavy atom. The van der Waals surface area contributed by atoms with E-state index in [9.17, 15) is 9.59 Å². The van der Waals surface area contributed by atoms with Crippen LogP contribution < -0.4 is 10.6 Å². The first kappa shape index (κ1) is 17.0. The van der Waals surface area contributed by atoms with Gasteiger partial charge >= 0.3 is 11.8 Å². The molecule has 1 saturated carbocycles. The molecule has 126 valence electrons. The van der Waals surface area contributed by atoms with Gasteiger partial charge < -0.3 is 10.6 Å². The fourth-order valence-corrected chi connectivity index (χ4v) is 4.31. The van der Waals surface area contributed by atoms with Gasteiger partial charge in [0, 0.05) is 27.5 Å². The Bertz CT molecular complexity index is 707. The Morgan fingerprint density at radius 3 is 2.42 bits per heavy atom. The fraction of sp³-hybridized carbons (Fsp3) is 0.333. The van der Waals surface area contributed by atoms with Crippen molar-refractivity contribution in [3.05, 3.63) is 51.7 Å². The zero-order chi connectivity index (χ0) is 17.0. The molecule has 2 amide bonds. The molecule has 0 saturated heterocycles. The molecule has 1 aliphatic carbocycles. The monoisotopic (exact) mass is 362 g/mol. The summed E-state index contributed by atoms with van der Waals surface area (Å²) < 4.78 is 0. The lowest BCUT2D eigenvalue weighted by atomic mass is 9.84. The predicted octanol–water partition coefficient (Wildman–Crippen LogP) is 3.97. The van der Waals surface area contributed by atoms with Gasteiger partial charge in [-0.05, 0) is 48.6 Å². The summed E-state index contributed by atoms with van der Waals surface area (Å²) in [6, 6.07) is 10.8. The maximum absolute atomic E-state index is 12.1. The van der Waals surface area contributed by atoms with E-state index >= 15 is 0 Å². The SMILES string of the molecule is O=C(NCC1(c2cccs2)CCCC1)C(=O)Nc1ccc(Cl)cc1. The molecule has 1 heterocycles. The summed E-state index contributed by atoms with van der Waals surface area (Å²) in [6.45, 7) is 0.500. The molecule has 1 aliphatic rings. The molecule has 1 aromatic carbocycles. The van der Waals surface area contributed by atoms with E-state index in [4.69, 9.17) is 11.6 Å². The molecule has 0 aliphatic heterocycles. The summed E-state index contributed by atoms with van der Waals surface area (Å²) in [5.41, 5.74) is 0.526. The maximum atomic E-state index is 12.1. The quantitative estimate of drug-likeness (QED) is 0.808. The summed E-state index contributed by atoms with van der Waals surface area (Å²) in [5, 5.41) is 8.04. The third kappa shape index (κ3) is 3.79. The van der Waals surface area contributed by atoms with Gasteiger partial charge in [-0.2, -0.15) is 0 Å². The van der Waals surface area contributed by atoms with Gasteiger partial charge in [-0.25, -0.2) is 0 Å². The first-order valence-electron chi connectivity index (χ1n) is 7.98. The van der Waals surface area contributed by atoms with Crippen LogP contribution in [-0.2, 0) is 15.0 Å². The van der Waals surface area contributed by atoms with E-state index in [0.29, 0.717) is 17.3 Å². The smallest absolute Gasteiger partial charge is 0.313 e. The van der Waals surface area contributed by atoms with Crippen molar-refractivity contribution in [2.24, 2.45) is 0 Å². The molecule has 0 unspecified atom stereocenters. The van der Waals surface area contributed by atoms with E-state index in [1.54, 1.807) is 35.6 Å². The van der Waals surface area contributed by atoms with Crippen LogP contribution in [0, 0.1) is 0 Å². The normalized spacial score (nSPS) is 15.9. The van der Waals surface area contributed by atoms with E-state index in [2.05, 4.69) is 22.1 Å². The number of hydrogen-bond donors (Lipinski definition) is 2. The van der Waals surface area contributed by atoms with Crippen LogP contribution in [0.1, 0.15) is 30.6 Å². The summed E-state index contributed by atoms with van der Waals surface area (Å²) >= 11 is 7.53. The number of hydrogen-bond acceptors (Lipinski definition) is 3. The minimum absolute atomic E-state index is 0.0234. The third-order valence-electron chi connectivity index (χ3n) is 4.50. The molecule has 2 N–H and O–H groups in total. The minimum Gasteiger partial charge on any atom is -0.347 e. The third-order valence-corrected chi connectivity index (χ3v) is 5.87. The van der Waals surface area contributed by atoms with Crippen LogP contribution in [0.15, 0.2) is 41.8 Å². The molecule has 0 radical (unpaired) electrons. The number of carbonyl (C=O) groups excluding carboxylic acids is 2. The van der Waals surface area contributed by atoms with Crippen molar-refractivity contribution in [3.63, 3.8) is 0 Å². The van der Waals surface area contributed by atoms with Crippen molar-refractivity contribution in [1.29, 1.82) is 0 Å². The number of rotatable bonds is 4. The second-order valence-electron chi connectivity index (χ2n) is 6.11. The number of nitrogens with one attached hydrogen (secondary N) is 2. The van der Waals surface area contributed by atoms with Crippen molar-refractivity contribution >= 4 is 40.4 Å². The summed E-state index contributed by atoms with van der Waals surface area (Å²) in [7, 11) is 0. The second kappa shape index (κ2) is 7.36. The van der Waals surface area contributed by atoms with E-state index in [-0.39, 0.29) is 5.41 Å². The number of anilines is 1. The zero-order valence-electron chi connectivity index (χ0n) is 13.2. The van der Waals surface area contributed by atoms with Crippen LogP contribution in [0.5, 0.6) is 0 Å². The lowest BCUT2D eigenvalue weighted by Crippen LogP contribution is -2.43. The Hall–Kier alpha value is -1.85. The number of amides is 2. The molecular weight excluding hydrogens is 344 g/mol. The number of thiophene rings is 1. The van der Waals surface area contributed by atoms with E-state index in [1.165, 1.54) is 4.88 Å². The molecule has 0 bridgehead atoms. The van der Waals surface area contributed by atoms with Crippen molar-refractivity contribution in [2.75, 3.05) is 11.9 Å². The lowest BCUT2D eigenvalue weighted by molar-refractivity contribution is -0.136. The van der Waals surface area contributed by atoms with Crippen LogP contribution in [0.4, 0.5) is 5.69 Å². The average Bonchev–Trinajstić information content (AvgIpc) is 3.26. The molecule has 0 atom stereocenters. The largest absolute Gasteiger partial charge is 0.347 e. The molecular formula is C18H19ClN2O2S. The number of carbonyl (C=O) groups is 2. The summed E-state index contributed by atoms with van der Waals surface area (Å²) in [4.78, 5) is 25.5. The summed E-state index contributed by atoms with van der Waals surface area (Å²) in [6.07, 6.45) is 4.41. The molecule has 1 fully saturated rings. The highest BCUT2D eigenvalue weighted by atomic mass is 35.5. The van der Waals surface area contributed by atoms with Crippen LogP contribution in [0.25, 0.3) is 0 Å². The summed E-state index contributed by atoms with van der Waals surface area (Å²) in [5.74, 6) is -1.26. The molecule has 6 heteroatoms. The molecule has 0 spiro atoms. The van der Waals surface area contributed by atoms with Gasteiger partial charge in [-0.15, -0.1) is 11.3 Å². The Labute approximate surface area is 150 Å². The first-order valence-corrected chi connectivity index (χ1v) is 9.24. The van der Waals surface area contributed by atoms with Crippen LogP contribution in [-0.4, -0.2) is 18.4 Å². The van der Waals surface area contributed by atoms with Crippen molar-refractivity contribution in [3.8, 4) is 0 Å². The Morgan fingerprint density at radius 2 is 1.79 bits per heavy atom. The van der Waals surface area contributed by atoms with Gasteiger partial charge in [-0.1, -0.05) is 30.5 Å². The molecule has 24 heavy (non-hydrogen) atoms. The van der Waals surface area contributed by atoms with Crippen LogP contribution in [0.2, 0.25) is 5.02 Å². The molecule has 1 aromatic heterocycles. The second-order valence-corrected chi connectivity index (χ2v) is 7.49. The highest BCUT2D eigenvalue weighted by Crippen LogP contribution is 2.42. The first-order chi connectivity index (χ1) is 11.6. The maximum Gasteiger partial charge on any atom is 0.313 e. The van der Waals surface area contributed by atoms with Gasteiger partial charge in [0.2, 0.25) is 0 Å². The van der Waals surface area contributed by atoms with E-state index < -0.39 is 11.8 Å². The van der Waals surface area contributed by atoms with Crippen LogP contribution >= 0.6 is 22.9 Å². The van der Waals surface area contributed by atoms with Gasteiger partial charge in [0.25, 0.3) is 0 Å². The van der Waals surface area contributed by atoms with Crippen molar-refractivity contribution in [1.82, 2.24) is 5.32 Å². The molecule has 4 nitrogen and oxygen atoms in total. The number of benzene rings is 1. The molecule has 2 aromatic rings. The van der Waals surface area contributed by atoms with E-state index in [1.807, 2.05) is 6.07 Å².